The minimum atomic E-state index is -4.42. The Morgan fingerprint density at radius 1 is 1.55 bits per heavy atom. The Morgan fingerprint density at radius 2 is 2.28 bits per heavy atom. The van der Waals surface area contributed by atoms with Crippen molar-refractivity contribution in [3.8, 4) is 0 Å². The Morgan fingerprint density at radius 3 is 2.93 bits per heavy atom. The number of nitrogens with one attached hydrogen (secondary N) is 1. The number of ether oxygens (including phenoxy) is 1. The van der Waals surface area contributed by atoms with Crippen LogP contribution in [-0.4, -0.2) is 50.7 Å². The number of azide groups is 1. The molecule has 15 heteroatoms. The molecular formula is C14H20N5O8PS. The molecule has 2 N–H and O–H groups in total. The SMILES string of the molecule is CC(=O)SCCOP(=O)(O)OC[C@H]1O[C@@H](n2cc(C)c(=O)[nH]c2=O)C[C@@H]1N=[N+]=[N-]. The summed E-state index contributed by atoms with van der Waals surface area (Å²) in [5, 5.41) is 3.43. The summed E-state index contributed by atoms with van der Waals surface area (Å²) in [6.45, 7) is 2.25. The zero-order chi connectivity index (χ0) is 21.6. The molecule has 1 unspecified atom stereocenters. The number of phosphoric ester groups is 1. The lowest BCUT2D eigenvalue weighted by molar-refractivity contribution is -0.109. The van der Waals surface area contributed by atoms with Gasteiger partial charge in [0.1, 0.15) is 6.23 Å². The summed E-state index contributed by atoms with van der Waals surface area (Å²) in [7, 11) is -4.42. The monoisotopic (exact) mass is 449 g/mol. The molecule has 4 atom stereocenters. The van der Waals surface area contributed by atoms with Crippen LogP contribution in [0.4, 0.5) is 0 Å². The van der Waals surface area contributed by atoms with Crippen molar-refractivity contribution >= 4 is 24.7 Å². The third kappa shape index (κ3) is 6.82. The van der Waals surface area contributed by atoms with Crippen molar-refractivity contribution in [1.82, 2.24) is 9.55 Å². The van der Waals surface area contributed by atoms with Crippen LogP contribution in [0.5, 0.6) is 0 Å². The second kappa shape index (κ2) is 10.2. The highest BCUT2D eigenvalue weighted by Gasteiger charge is 2.38. The average molecular weight is 449 g/mol. The fourth-order valence-corrected chi connectivity index (χ4v) is 3.88. The fourth-order valence-electron chi connectivity index (χ4n) is 2.57. The van der Waals surface area contributed by atoms with Gasteiger partial charge in [-0.3, -0.25) is 28.2 Å². The molecule has 1 aromatic rings. The van der Waals surface area contributed by atoms with Crippen LogP contribution in [0.3, 0.4) is 0 Å². The highest BCUT2D eigenvalue weighted by Crippen LogP contribution is 2.44. The number of thioether (sulfide) groups is 1. The van der Waals surface area contributed by atoms with Crippen LogP contribution in [0.25, 0.3) is 10.4 Å². The van der Waals surface area contributed by atoms with Gasteiger partial charge < -0.3 is 9.63 Å². The maximum absolute atomic E-state index is 12.0. The minimum Gasteiger partial charge on any atom is -0.352 e. The molecule has 0 radical (unpaired) electrons. The van der Waals surface area contributed by atoms with E-state index in [2.05, 4.69) is 15.0 Å². The Balaban J connectivity index is 2.02. The third-order valence-corrected chi connectivity index (χ3v) is 5.67. The number of rotatable bonds is 9. The largest absolute Gasteiger partial charge is 0.472 e. The number of aromatic amines is 1. The summed E-state index contributed by atoms with van der Waals surface area (Å²) in [4.78, 5) is 48.9. The Bertz CT molecular complexity index is 958. The quantitative estimate of drug-likeness (QED) is 0.184. The lowest BCUT2D eigenvalue weighted by atomic mass is 10.1. The van der Waals surface area contributed by atoms with Gasteiger partial charge in [0.25, 0.3) is 5.56 Å². The molecule has 0 saturated carbocycles. The van der Waals surface area contributed by atoms with Gasteiger partial charge in [-0.05, 0) is 12.5 Å². The van der Waals surface area contributed by atoms with E-state index in [4.69, 9.17) is 19.3 Å². The average Bonchev–Trinajstić information content (AvgIpc) is 3.03. The summed E-state index contributed by atoms with van der Waals surface area (Å²) in [6.07, 6.45) is -0.386. The molecule has 0 bridgehead atoms. The molecule has 0 spiro atoms. The number of nitrogens with zero attached hydrogens (tertiary/aromatic N) is 4. The summed E-state index contributed by atoms with van der Waals surface area (Å²) in [5.41, 5.74) is 7.79. The van der Waals surface area contributed by atoms with Gasteiger partial charge in [0, 0.05) is 35.8 Å². The highest BCUT2D eigenvalue weighted by molar-refractivity contribution is 8.13. The van der Waals surface area contributed by atoms with E-state index < -0.39 is 44.1 Å². The number of carbonyl (C=O) groups excluding carboxylic acids is 1. The molecule has 1 aliphatic heterocycles. The van der Waals surface area contributed by atoms with E-state index >= 15 is 0 Å². The van der Waals surface area contributed by atoms with Gasteiger partial charge in [0.05, 0.1) is 25.4 Å². The van der Waals surface area contributed by atoms with Gasteiger partial charge in [-0.15, -0.1) is 0 Å². The number of H-pyrrole nitrogens is 1. The van der Waals surface area contributed by atoms with Gasteiger partial charge in [0.2, 0.25) is 0 Å². The highest BCUT2D eigenvalue weighted by atomic mass is 32.2. The Labute approximate surface area is 168 Å². The fraction of sp³-hybridized carbons (Fsp3) is 0.643. The lowest BCUT2D eigenvalue weighted by Gasteiger charge is -2.18. The third-order valence-electron chi connectivity index (χ3n) is 3.91. The van der Waals surface area contributed by atoms with Crippen LogP contribution >= 0.6 is 19.6 Å². The zero-order valence-electron chi connectivity index (χ0n) is 15.6. The molecule has 1 aromatic heterocycles. The van der Waals surface area contributed by atoms with Crippen LogP contribution in [-0.2, 0) is 23.1 Å². The van der Waals surface area contributed by atoms with E-state index in [0.717, 1.165) is 16.3 Å². The van der Waals surface area contributed by atoms with Crippen molar-refractivity contribution in [2.75, 3.05) is 19.0 Å². The van der Waals surface area contributed by atoms with Crippen LogP contribution in [0.2, 0.25) is 0 Å². The predicted octanol–water partition coefficient (Wildman–Crippen LogP) is 1.22. The van der Waals surface area contributed by atoms with E-state index in [-0.39, 0.29) is 29.5 Å². The molecule has 2 heterocycles. The Hall–Kier alpha value is -1.92. The summed E-state index contributed by atoms with van der Waals surface area (Å²) < 4.78 is 28.4. The normalized spacial score (nSPS) is 23.3. The van der Waals surface area contributed by atoms with E-state index in [1.807, 2.05) is 0 Å². The molecule has 1 aliphatic rings. The molecule has 13 nitrogen and oxygen atoms in total. The molecule has 29 heavy (non-hydrogen) atoms. The predicted molar refractivity (Wildman–Crippen MR) is 102 cm³/mol. The number of phosphoric acid groups is 1. The van der Waals surface area contributed by atoms with E-state index in [9.17, 15) is 23.8 Å². The first-order valence-electron chi connectivity index (χ1n) is 8.40. The first kappa shape index (κ1) is 23.4. The molecule has 0 amide bonds. The lowest BCUT2D eigenvalue weighted by Crippen LogP contribution is -2.33. The smallest absolute Gasteiger partial charge is 0.352 e. The number of aromatic nitrogens is 2. The molecule has 0 aliphatic carbocycles. The first-order chi connectivity index (χ1) is 13.6. The number of hydrogen-bond acceptors (Lipinski definition) is 9. The second-order valence-corrected chi connectivity index (χ2v) is 8.78. The first-order valence-corrected chi connectivity index (χ1v) is 10.9. The van der Waals surface area contributed by atoms with Gasteiger partial charge in [-0.25, -0.2) is 9.36 Å². The summed E-state index contributed by atoms with van der Waals surface area (Å²) >= 11 is 0.935. The van der Waals surface area contributed by atoms with Crippen molar-refractivity contribution in [2.45, 2.75) is 38.6 Å². The van der Waals surface area contributed by atoms with Crippen molar-refractivity contribution in [3.05, 3.63) is 43.0 Å². The molecule has 160 valence electrons. The number of aryl methyl sites for hydroxylation is 1. The van der Waals surface area contributed by atoms with Gasteiger partial charge in [-0.1, -0.05) is 16.9 Å². The second-order valence-electron chi connectivity index (χ2n) is 6.05. The van der Waals surface area contributed by atoms with Crippen molar-refractivity contribution < 1.29 is 28.0 Å². The van der Waals surface area contributed by atoms with Crippen LogP contribution in [0, 0.1) is 6.92 Å². The number of hydrogen-bond donors (Lipinski definition) is 2. The van der Waals surface area contributed by atoms with Crippen molar-refractivity contribution in [1.29, 1.82) is 0 Å². The topological polar surface area (TPSA) is 186 Å². The van der Waals surface area contributed by atoms with Crippen molar-refractivity contribution in [2.24, 2.45) is 5.11 Å². The van der Waals surface area contributed by atoms with Crippen LogP contribution in [0.1, 0.15) is 25.1 Å². The number of carbonyl (C=O) groups is 1. The Kier molecular flexibility index (Phi) is 8.23. The molecule has 2 rings (SSSR count). The van der Waals surface area contributed by atoms with Gasteiger partial charge in [0.15, 0.2) is 5.12 Å². The van der Waals surface area contributed by atoms with Crippen LogP contribution in [0.15, 0.2) is 20.9 Å². The van der Waals surface area contributed by atoms with E-state index in [0.29, 0.717) is 0 Å². The maximum atomic E-state index is 12.0. The van der Waals surface area contributed by atoms with Gasteiger partial charge in [-0.2, -0.15) is 0 Å². The zero-order valence-corrected chi connectivity index (χ0v) is 17.3. The standard InChI is InChI=1S/C14H20N5O8PS/c1-8-6-19(14(22)16-13(8)21)12-5-10(17-18-15)11(27-12)7-26-28(23,24)25-3-4-29-9(2)20/h6,10-12H,3-5,7H2,1-2H3,(H,23,24)(H,16,21,22)/t10-,11+,12+/m0/s1. The summed E-state index contributed by atoms with van der Waals surface area (Å²) in [5.74, 6) is 0.182. The van der Waals surface area contributed by atoms with E-state index in [1.54, 1.807) is 0 Å². The van der Waals surface area contributed by atoms with E-state index in [1.165, 1.54) is 20.0 Å². The molecule has 1 saturated heterocycles. The van der Waals surface area contributed by atoms with Crippen LogP contribution < -0.4 is 11.2 Å². The molecular weight excluding hydrogens is 429 g/mol. The molecule has 1 fully saturated rings. The minimum absolute atomic E-state index is 0.0926. The molecule has 0 aromatic carbocycles. The summed E-state index contributed by atoms with van der Waals surface area (Å²) in [6, 6.07) is -0.780. The maximum Gasteiger partial charge on any atom is 0.472 e. The van der Waals surface area contributed by atoms with Gasteiger partial charge >= 0.3 is 13.5 Å². The van der Waals surface area contributed by atoms with Crippen molar-refractivity contribution in [3.63, 3.8) is 0 Å².